The third kappa shape index (κ3) is 6.37. The Bertz CT molecular complexity index is 613. The van der Waals surface area contributed by atoms with Gasteiger partial charge in [-0.05, 0) is 61.9 Å². The molecule has 2 rings (SSSR count). The van der Waals surface area contributed by atoms with Gasteiger partial charge in [0.1, 0.15) is 5.75 Å². The van der Waals surface area contributed by atoms with E-state index < -0.39 is 5.97 Å². The number of rotatable bonds is 10. The zero-order chi connectivity index (χ0) is 18.2. The molecule has 25 heavy (non-hydrogen) atoms. The van der Waals surface area contributed by atoms with Gasteiger partial charge >= 0.3 is 5.97 Å². The summed E-state index contributed by atoms with van der Waals surface area (Å²) in [6.07, 6.45) is 8.58. The number of carbonyl (C=O) groups excluding carboxylic acids is 1. The highest BCUT2D eigenvalue weighted by Crippen LogP contribution is 2.29. The second-order valence-corrected chi connectivity index (χ2v) is 7.01. The van der Waals surface area contributed by atoms with E-state index in [4.69, 9.17) is 9.84 Å². The van der Waals surface area contributed by atoms with Gasteiger partial charge in [0, 0.05) is 6.42 Å². The minimum absolute atomic E-state index is 0.0974. The van der Waals surface area contributed by atoms with Gasteiger partial charge in [-0.1, -0.05) is 31.4 Å². The summed E-state index contributed by atoms with van der Waals surface area (Å²) in [4.78, 5) is 22.6. The molecule has 0 fully saturated rings. The number of ether oxygens (including phenoxy) is 1. The number of carboxylic acid groups (broad SMARTS) is 1. The summed E-state index contributed by atoms with van der Waals surface area (Å²) >= 11 is 0. The highest BCUT2D eigenvalue weighted by molar-refractivity contribution is 5.94. The molecule has 0 unspecified atom stereocenters. The first kappa shape index (κ1) is 19.2. The lowest BCUT2D eigenvalue weighted by Crippen LogP contribution is -2.23. The van der Waals surface area contributed by atoms with Crippen LogP contribution in [-0.2, 0) is 9.59 Å². The van der Waals surface area contributed by atoms with Crippen LogP contribution >= 0.6 is 0 Å². The summed E-state index contributed by atoms with van der Waals surface area (Å²) in [6, 6.07) is 6.09. The van der Waals surface area contributed by atoms with Crippen molar-refractivity contribution in [3.05, 3.63) is 41.5 Å². The van der Waals surface area contributed by atoms with Gasteiger partial charge in [-0.25, -0.2) is 0 Å². The van der Waals surface area contributed by atoms with Crippen LogP contribution in [0, 0.1) is 25.7 Å². The van der Waals surface area contributed by atoms with Gasteiger partial charge in [0.25, 0.3) is 0 Å². The van der Waals surface area contributed by atoms with Crippen LogP contribution in [-0.4, -0.2) is 23.5 Å². The first-order valence-corrected chi connectivity index (χ1v) is 9.10. The molecule has 0 heterocycles. The highest BCUT2D eigenvalue weighted by atomic mass is 16.5. The largest absolute Gasteiger partial charge is 0.493 e. The third-order valence-electron chi connectivity index (χ3n) is 4.69. The number of hydrogen-bond acceptors (Lipinski definition) is 3. The van der Waals surface area contributed by atoms with E-state index in [1.54, 1.807) is 6.08 Å². The molecule has 4 nitrogen and oxygen atoms in total. The summed E-state index contributed by atoms with van der Waals surface area (Å²) < 4.78 is 5.90. The summed E-state index contributed by atoms with van der Waals surface area (Å²) in [6.45, 7) is 4.49. The van der Waals surface area contributed by atoms with Gasteiger partial charge in [0.15, 0.2) is 5.78 Å². The fraction of sp³-hybridized carbons (Fsp3) is 0.524. The van der Waals surface area contributed by atoms with Crippen LogP contribution in [0.4, 0.5) is 0 Å². The average molecular weight is 344 g/mol. The molecular formula is C21H28O4. The minimum atomic E-state index is -0.729. The highest BCUT2D eigenvalue weighted by Gasteiger charge is 2.30. The molecule has 0 saturated heterocycles. The molecule has 0 spiro atoms. The quantitative estimate of drug-likeness (QED) is 0.636. The minimum Gasteiger partial charge on any atom is -0.493 e. The summed E-state index contributed by atoms with van der Waals surface area (Å²) in [5.41, 5.74) is 2.31. The Hall–Kier alpha value is -2.10. The van der Waals surface area contributed by atoms with Crippen molar-refractivity contribution in [2.75, 3.05) is 6.61 Å². The van der Waals surface area contributed by atoms with E-state index in [-0.39, 0.29) is 24.0 Å². The Labute approximate surface area is 149 Å². The fourth-order valence-electron chi connectivity index (χ4n) is 3.40. The normalized spacial score (nSPS) is 19.4. The number of allylic oxidation sites excluding steroid dienone is 2. The molecule has 1 N–H and O–H groups in total. The maximum absolute atomic E-state index is 12.1. The number of carbonyl (C=O) groups is 2. The fourth-order valence-corrected chi connectivity index (χ4v) is 3.40. The van der Waals surface area contributed by atoms with Crippen LogP contribution in [0.3, 0.4) is 0 Å². The lowest BCUT2D eigenvalue weighted by Gasteiger charge is -2.19. The predicted molar refractivity (Wildman–Crippen MR) is 97.9 cm³/mol. The molecule has 1 aromatic carbocycles. The number of ketones is 1. The lowest BCUT2D eigenvalue weighted by atomic mass is 9.90. The summed E-state index contributed by atoms with van der Waals surface area (Å²) in [5, 5.41) is 8.63. The summed E-state index contributed by atoms with van der Waals surface area (Å²) in [7, 11) is 0. The zero-order valence-corrected chi connectivity index (χ0v) is 15.2. The van der Waals surface area contributed by atoms with Crippen molar-refractivity contribution < 1.29 is 19.4 Å². The molecule has 2 atom stereocenters. The Morgan fingerprint density at radius 3 is 2.44 bits per heavy atom. The monoisotopic (exact) mass is 344 g/mol. The second-order valence-electron chi connectivity index (χ2n) is 7.01. The third-order valence-corrected chi connectivity index (χ3v) is 4.69. The van der Waals surface area contributed by atoms with Gasteiger partial charge in [-0.2, -0.15) is 0 Å². The van der Waals surface area contributed by atoms with Gasteiger partial charge in [-0.15, -0.1) is 0 Å². The second kappa shape index (κ2) is 9.40. The maximum Gasteiger partial charge on any atom is 0.303 e. The molecule has 136 valence electrons. The molecule has 0 saturated carbocycles. The average Bonchev–Trinajstić information content (AvgIpc) is 2.87. The number of aliphatic carboxylic acids is 1. The van der Waals surface area contributed by atoms with E-state index in [1.165, 1.54) is 0 Å². The SMILES string of the molecule is Cc1cc(C)cc(OC[C@H]2C(=O)C=C[C@@H]2CCCCCCC(=O)O)c1. The lowest BCUT2D eigenvalue weighted by molar-refractivity contribution is -0.137. The molecule has 1 aliphatic carbocycles. The Balaban J connectivity index is 1.76. The van der Waals surface area contributed by atoms with Gasteiger partial charge in [0.2, 0.25) is 0 Å². The van der Waals surface area contributed by atoms with Gasteiger partial charge in [-0.3, -0.25) is 9.59 Å². The summed E-state index contributed by atoms with van der Waals surface area (Å²) in [5.74, 6) is 0.385. The van der Waals surface area contributed by atoms with Crippen LogP contribution in [0.25, 0.3) is 0 Å². The van der Waals surface area contributed by atoms with E-state index in [0.717, 1.165) is 49.0 Å². The van der Waals surface area contributed by atoms with Crippen LogP contribution in [0.15, 0.2) is 30.4 Å². The van der Waals surface area contributed by atoms with Crippen molar-refractivity contribution in [3.8, 4) is 5.75 Å². The predicted octanol–water partition coefficient (Wildman–Crippen LogP) is 4.48. The Morgan fingerprint density at radius 2 is 1.76 bits per heavy atom. The molecule has 4 heteroatoms. The molecule has 0 radical (unpaired) electrons. The molecular weight excluding hydrogens is 316 g/mol. The molecule has 0 aromatic heterocycles. The maximum atomic E-state index is 12.1. The Kier molecular flexibility index (Phi) is 7.23. The number of hydrogen-bond donors (Lipinski definition) is 1. The molecule has 1 aromatic rings. The number of carboxylic acids is 1. The number of aryl methyl sites for hydroxylation is 2. The molecule has 0 aliphatic heterocycles. The van der Waals surface area contributed by atoms with Gasteiger partial charge < -0.3 is 9.84 Å². The van der Waals surface area contributed by atoms with Crippen molar-refractivity contribution in [2.24, 2.45) is 11.8 Å². The first-order valence-electron chi connectivity index (χ1n) is 9.10. The van der Waals surface area contributed by atoms with E-state index in [9.17, 15) is 9.59 Å². The smallest absolute Gasteiger partial charge is 0.303 e. The molecule has 0 bridgehead atoms. The van der Waals surface area contributed by atoms with E-state index >= 15 is 0 Å². The van der Waals surface area contributed by atoms with E-state index in [1.807, 2.05) is 32.1 Å². The van der Waals surface area contributed by atoms with E-state index in [2.05, 4.69) is 6.07 Å². The van der Waals surface area contributed by atoms with Crippen molar-refractivity contribution in [3.63, 3.8) is 0 Å². The zero-order valence-electron chi connectivity index (χ0n) is 15.2. The molecule has 0 amide bonds. The number of unbranched alkanes of at least 4 members (excludes halogenated alkanes) is 3. The van der Waals surface area contributed by atoms with Crippen LogP contribution in [0.5, 0.6) is 5.75 Å². The van der Waals surface area contributed by atoms with Crippen LogP contribution in [0.2, 0.25) is 0 Å². The van der Waals surface area contributed by atoms with E-state index in [0.29, 0.717) is 6.61 Å². The number of benzene rings is 1. The van der Waals surface area contributed by atoms with Gasteiger partial charge in [0.05, 0.1) is 12.5 Å². The van der Waals surface area contributed by atoms with Crippen LogP contribution < -0.4 is 4.74 Å². The topological polar surface area (TPSA) is 63.6 Å². The van der Waals surface area contributed by atoms with Crippen molar-refractivity contribution >= 4 is 11.8 Å². The standard InChI is InChI=1S/C21H28O4/c1-15-11-16(2)13-18(12-15)25-14-19-17(9-10-20(19)22)7-5-3-4-6-8-21(23)24/h9-13,17,19H,3-8,14H2,1-2H3,(H,23,24)/t17-,19+/m0/s1. The van der Waals surface area contributed by atoms with Crippen molar-refractivity contribution in [2.45, 2.75) is 52.4 Å². The Morgan fingerprint density at radius 1 is 1.08 bits per heavy atom. The van der Waals surface area contributed by atoms with Crippen LogP contribution in [0.1, 0.15) is 49.7 Å². The van der Waals surface area contributed by atoms with Crippen molar-refractivity contribution in [1.82, 2.24) is 0 Å². The van der Waals surface area contributed by atoms with Crippen molar-refractivity contribution in [1.29, 1.82) is 0 Å². The molecule has 1 aliphatic rings. The first-order chi connectivity index (χ1) is 12.0.